The van der Waals surface area contributed by atoms with Crippen LogP contribution in [0.3, 0.4) is 0 Å². The number of benzene rings is 1. The van der Waals surface area contributed by atoms with Gasteiger partial charge in [-0.25, -0.2) is 0 Å². The predicted molar refractivity (Wildman–Crippen MR) is 84.0 cm³/mol. The van der Waals surface area contributed by atoms with Gasteiger partial charge in [0.05, 0.1) is 11.1 Å². The largest absolute Gasteiger partial charge is 0.481 e. The van der Waals surface area contributed by atoms with Crippen LogP contribution in [-0.4, -0.2) is 46.3 Å². The summed E-state index contributed by atoms with van der Waals surface area (Å²) in [5.41, 5.74) is 0.527. The molecule has 1 atom stereocenters. The highest BCUT2D eigenvalue weighted by molar-refractivity contribution is 9.10. The van der Waals surface area contributed by atoms with Crippen molar-refractivity contribution in [1.29, 1.82) is 0 Å². The maximum absolute atomic E-state index is 12.4. The molecule has 2 rings (SSSR count). The highest BCUT2D eigenvalue weighted by atomic mass is 79.9. The SMILES string of the molecule is CC(C(=O)NCCCC(=O)O)N1C(=O)c2ccc(Br)cc2C1=O. The Morgan fingerprint density at radius 1 is 1.26 bits per heavy atom. The minimum Gasteiger partial charge on any atom is -0.481 e. The number of hydrogen-bond acceptors (Lipinski definition) is 4. The molecule has 0 saturated heterocycles. The summed E-state index contributed by atoms with van der Waals surface area (Å²) < 4.78 is 0.671. The number of imide groups is 1. The quantitative estimate of drug-likeness (QED) is 0.571. The van der Waals surface area contributed by atoms with E-state index in [9.17, 15) is 19.2 Å². The van der Waals surface area contributed by atoms with Crippen molar-refractivity contribution in [1.82, 2.24) is 10.2 Å². The summed E-state index contributed by atoms with van der Waals surface area (Å²) >= 11 is 3.24. The summed E-state index contributed by atoms with van der Waals surface area (Å²) in [6, 6.07) is 3.78. The average Bonchev–Trinajstić information content (AvgIpc) is 2.73. The molecule has 0 radical (unpaired) electrons. The Balaban J connectivity index is 2.04. The Morgan fingerprint density at radius 3 is 2.57 bits per heavy atom. The first-order valence-electron chi connectivity index (χ1n) is 7.00. The topological polar surface area (TPSA) is 104 Å². The number of hydrogen-bond donors (Lipinski definition) is 2. The van der Waals surface area contributed by atoms with E-state index in [0.717, 1.165) is 4.90 Å². The third-order valence-corrected chi connectivity index (χ3v) is 4.01. The molecule has 0 spiro atoms. The van der Waals surface area contributed by atoms with Gasteiger partial charge in [0.1, 0.15) is 6.04 Å². The van der Waals surface area contributed by atoms with Gasteiger partial charge in [-0.15, -0.1) is 0 Å². The first kappa shape index (κ1) is 17.1. The highest BCUT2D eigenvalue weighted by Gasteiger charge is 2.40. The van der Waals surface area contributed by atoms with Crippen molar-refractivity contribution in [2.24, 2.45) is 0 Å². The van der Waals surface area contributed by atoms with Crippen LogP contribution in [0.4, 0.5) is 0 Å². The molecule has 3 amide bonds. The third kappa shape index (κ3) is 3.58. The summed E-state index contributed by atoms with van der Waals surface area (Å²) in [6.07, 6.45) is 0.221. The lowest BCUT2D eigenvalue weighted by molar-refractivity contribution is -0.137. The Morgan fingerprint density at radius 2 is 1.91 bits per heavy atom. The van der Waals surface area contributed by atoms with E-state index in [-0.39, 0.29) is 30.5 Å². The van der Waals surface area contributed by atoms with E-state index >= 15 is 0 Å². The number of carbonyl (C=O) groups is 4. The second kappa shape index (κ2) is 6.91. The van der Waals surface area contributed by atoms with Crippen LogP contribution in [-0.2, 0) is 9.59 Å². The fraction of sp³-hybridized carbons (Fsp3) is 0.333. The number of fused-ring (bicyclic) bond motifs is 1. The number of nitrogens with zero attached hydrogens (tertiary/aromatic N) is 1. The lowest BCUT2D eigenvalue weighted by Gasteiger charge is -2.21. The third-order valence-electron chi connectivity index (χ3n) is 3.51. The van der Waals surface area contributed by atoms with Crippen molar-refractivity contribution in [2.75, 3.05) is 6.54 Å². The molecule has 0 bridgehead atoms. The molecule has 0 aliphatic carbocycles. The van der Waals surface area contributed by atoms with E-state index in [1.807, 2.05) is 0 Å². The second-order valence-electron chi connectivity index (χ2n) is 5.13. The van der Waals surface area contributed by atoms with Gasteiger partial charge in [-0.05, 0) is 31.5 Å². The Bertz CT molecular complexity index is 688. The summed E-state index contributed by atoms with van der Waals surface area (Å²) in [7, 11) is 0. The van der Waals surface area contributed by atoms with Crippen molar-refractivity contribution in [3.05, 3.63) is 33.8 Å². The number of amides is 3. The predicted octanol–water partition coefficient (Wildman–Crippen LogP) is 1.41. The molecule has 1 aliphatic heterocycles. The Kier molecular flexibility index (Phi) is 5.15. The van der Waals surface area contributed by atoms with Gasteiger partial charge < -0.3 is 10.4 Å². The monoisotopic (exact) mass is 382 g/mol. The lowest BCUT2D eigenvalue weighted by Crippen LogP contribution is -2.48. The number of carboxylic acid groups (broad SMARTS) is 1. The van der Waals surface area contributed by atoms with E-state index < -0.39 is 29.7 Å². The Hall–Kier alpha value is -2.22. The van der Waals surface area contributed by atoms with Gasteiger partial charge in [0.2, 0.25) is 5.91 Å². The van der Waals surface area contributed by atoms with Gasteiger partial charge in [0.15, 0.2) is 0 Å². The summed E-state index contributed by atoms with van der Waals surface area (Å²) in [5.74, 6) is -2.47. The molecule has 7 nitrogen and oxygen atoms in total. The van der Waals surface area contributed by atoms with Crippen LogP contribution < -0.4 is 5.32 Å². The fourth-order valence-corrected chi connectivity index (χ4v) is 2.66. The van der Waals surface area contributed by atoms with Gasteiger partial charge in [-0.3, -0.25) is 24.1 Å². The number of carboxylic acids is 1. The molecule has 23 heavy (non-hydrogen) atoms. The van der Waals surface area contributed by atoms with Crippen LogP contribution >= 0.6 is 15.9 Å². The van der Waals surface area contributed by atoms with Crippen LogP contribution in [0.2, 0.25) is 0 Å². The van der Waals surface area contributed by atoms with Gasteiger partial charge in [0.25, 0.3) is 11.8 Å². The maximum atomic E-state index is 12.4. The second-order valence-corrected chi connectivity index (χ2v) is 6.05. The van der Waals surface area contributed by atoms with Crippen molar-refractivity contribution >= 4 is 39.6 Å². The van der Waals surface area contributed by atoms with Crippen LogP contribution in [0.1, 0.15) is 40.5 Å². The average molecular weight is 383 g/mol. The zero-order valence-corrected chi connectivity index (χ0v) is 13.9. The number of nitrogens with one attached hydrogen (secondary N) is 1. The number of carbonyl (C=O) groups excluding carboxylic acids is 3. The van der Waals surface area contributed by atoms with Gasteiger partial charge in [-0.1, -0.05) is 15.9 Å². The number of halogens is 1. The molecule has 1 heterocycles. The lowest BCUT2D eigenvalue weighted by atomic mass is 10.1. The minimum atomic E-state index is -0.967. The molecule has 1 aromatic rings. The summed E-state index contributed by atoms with van der Waals surface area (Å²) in [5, 5.41) is 11.1. The van der Waals surface area contributed by atoms with Crippen LogP contribution in [0.5, 0.6) is 0 Å². The molecule has 0 fully saturated rings. The van der Waals surface area contributed by atoms with E-state index in [4.69, 9.17) is 5.11 Å². The molecule has 1 unspecified atom stereocenters. The minimum absolute atomic E-state index is 0.0598. The summed E-state index contributed by atoms with van der Waals surface area (Å²) in [4.78, 5) is 48.1. The van der Waals surface area contributed by atoms with Crippen LogP contribution in [0.15, 0.2) is 22.7 Å². The standard InChI is InChI=1S/C15H15BrN2O5/c1-8(13(21)17-6-2-3-12(19)20)18-14(22)10-5-4-9(16)7-11(10)15(18)23/h4-5,7-8H,2-3,6H2,1H3,(H,17,21)(H,19,20). The smallest absolute Gasteiger partial charge is 0.303 e. The van der Waals surface area contributed by atoms with Crippen LogP contribution in [0.25, 0.3) is 0 Å². The van der Waals surface area contributed by atoms with Crippen LogP contribution in [0, 0.1) is 0 Å². The highest BCUT2D eigenvalue weighted by Crippen LogP contribution is 2.27. The van der Waals surface area contributed by atoms with Crippen molar-refractivity contribution in [2.45, 2.75) is 25.8 Å². The maximum Gasteiger partial charge on any atom is 0.303 e. The fourth-order valence-electron chi connectivity index (χ4n) is 2.30. The molecule has 1 aliphatic rings. The molecule has 2 N–H and O–H groups in total. The van der Waals surface area contributed by atoms with Gasteiger partial charge in [-0.2, -0.15) is 0 Å². The summed E-state index contributed by atoms with van der Waals surface area (Å²) in [6.45, 7) is 1.63. The number of aliphatic carboxylic acids is 1. The molecule has 8 heteroatoms. The zero-order chi connectivity index (χ0) is 17.1. The number of rotatable bonds is 6. The first-order chi connectivity index (χ1) is 10.8. The molecule has 1 aromatic carbocycles. The Labute approximate surface area is 140 Å². The molecular weight excluding hydrogens is 368 g/mol. The van der Waals surface area contributed by atoms with E-state index in [1.165, 1.54) is 13.0 Å². The van der Waals surface area contributed by atoms with Gasteiger partial charge >= 0.3 is 5.97 Å². The van der Waals surface area contributed by atoms with E-state index in [1.54, 1.807) is 12.1 Å². The van der Waals surface area contributed by atoms with Crippen molar-refractivity contribution < 1.29 is 24.3 Å². The van der Waals surface area contributed by atoms with E-state index in [2.05, 4.69) is 21.2 Å². The van der Waals surface area contributed by atoms with Crippen molar-refractivity contribution in [3.8, 4) is 0 Å². The van der Waals surface area contributed by atoms with Gasteiger partial charge in [0, 0.05) is 17.4 Å². The zero-order valence-electron chi connectivity index (χ0n) is 12.3. The molecule has 0 saturated carbocycles. The van der Waals surface area contributed by atoms with E-state index in [0.29, 0.717) is 4.47 Å². The first-order valence-corrected chi connectivity index (χ1v) is 7.79. The van der Waals surface area contributed by atoms with Crippen molar-refractivity contribution in [3.63, 3.8) is 0 Å². The molecule has 0 aromatic heterocycles. The normalized spacial score (nSPS) is 14.6. The molecule has 122 valence electrons. The molecular formula is C15H15BrN2O5.